The van der Waals surface area contributed by atoms with E-state index in [2.05, 4.69) is 10.3 Å². The van der Waals surface area contributed by atoms with Crippen LogP contribution in [0.4, 0.5) is 14.5 Å². The first-order chi connectivity index (χ1) is 26.6. The second-order valence-electron chi connectivity index (χ2n) is 16.6. The van der Waals surface area contributed by atoms with Gasteiger partial charge in [-0.25, -0.2) is 0 Å². The average Bonchev–Trinajstić information content (AvgIpc) is 3.78. The minimum absolute atomic E-state index is 0.0161. The van der Waals surface area contributed by atoms with Crippen LogP contribution in [0.1, 0.15) is 96.1 Å². The van der Waals surface area contributed by atoms with Crippen molar-refractivity contribution in [2.45, 2.75) is 110 Å². The predicted molar refractivity (Wildman–Crippen MR) is 207 cm³/mol. The fourth-order valence-corrected chi connectivity index (χ4v) is 8.08. The van der Waals surface area contributed by atoms with Crippen molar-refractivity contribution in [2.75, 3.05) is 25.5 Å². The third-order valence-electron chi connectivity index (χ3n) is 10.2. The zero-order valence-corrected chi connectivity index (χ0v) is 34.3. The highest BCUT2D eigenvalue weighted by molar-refractivity contribution is 7.54. The molecular weight excluding hydrogens is 765 g/mol. The van der Waals surface area contributed by atoms with Crippen LogP contribution in [0.25, 0.3) is 10.9 Å². The number of fused-ring (bicyclic) bond motifs is 2. The molecule has 17 heteroatoms. The molecule has 1 unspecified atom stereocenters. The first-order valence-corrected chi connectivity index (χ1v) is 20.5. The number of ether oxygens (including phenoxy) is 2. The molecule has 4 atom stereocenters. The number of halogens is 2. The van der Waals surface area contributed by atoms with E-state index in [0.717, 1.165) is 37.1 Å². The zero-order chi connectivity index (χ0) is 41.9. The van der Waals surface area contributed by atoms with E-state index in [4.69, 9.17) is 18.5 Å². The Bertz CT molecular complexity index is 1940. The molecule has 57 heavy (non-hydrogen) atoms. The number of alkyl halides is 2. The number of benzene rings is 2. The Hall–Kier alpha value is -4.37. The summed E-state index contributed by atoms with van der Waals surface area (Å²) in [5, 5.41) is 14.4. The molecule has 3 heterocycles. The number of aliphatic hydroxyl groups excluding tert-OH is 1. The van der Waals surface area contributed by atoms with Gasteiger partial charge in [0.05, 0.1) is 16.9 Å². The highest BCUT2D eigenvalue weighted by Crippen LogP contribution is 2.67. The topological polar surface area (TPSA) is 177 Å². The zero-order valence-electron chi connectivity index (χ0n) is 33.4. The number of amides is 2. The molecule has 14 nitrogen and oxygen atoms in total. The monoisotopic (exact) mass is 818 g/mol. The fraction of sp³-hybridized carbons (Fsp3) is 0.550. The molecule has 3 N–H and O–H groups in total. The predicted octanol–water partition coefficient (Wildman–Crippen LogP) is 7.02. The van der Waals surface area contributed by atoms with E-state index in [9.17, 15) is 28.8 Å². The number of esters is 2. The number of para-hydroxylation sites is 1. The summed E-state index contributed by atoms with van der Waals surface area (Å²) in [6.45, 7) is 6.87. The van der Waals surface area contributed by atoms with Crippen molar-refractivity contribution in [3.63, 3.8) is 0 Å². The summed E-state index contributed by atoms with van der Waals surface area (Å²) in [5.41, 5.74) is -6.17. The summed E-state index contributed by atoms with van der Waals surface area (Å²) in [6.07, 6.45) is 3.01. The first kappa shape index (κ1) is 43.7. The number of aromatic nitrogens is 1. The maximum atomic E-state index is 16.2. The number of rotatable bonds is 13. The van der Waals surface area contributed by atoms with Crippen molar-refractivity contribution in [3.8, 4) is 0 Å². The van der Waals surface area contributed by atoms with Crippen LogP contribution in [-0.2, 0) is 43.1 Å². The lowest BCUT2D eigenvalue weighted by molar-refractivity contribution is -0.163. The molecule has 0 spiro atoms. The van der Waals surface area contributed by atoms with Crippen molar-refractivity contribution >= 4 is 47.9 Å². The highest BCUT2D eigenvalue weighted by Gasteiger charge is 2.56. The number of H-pyrrole nitrogens is 1. The molecule has 0 bridgehead atoms. The molecule has 2 amide bonds. The molecule has 312 valence electrons. The van der Waals surface area contributed by atoms with Gasteiger partial charge in [-0.3, -0.25) is 32.8 Å². The number of nitrogens with zero attached hydrogens (tertiary/aromatic N) is 2. The van der Waals surface area contributed by atoms with Crippen LogP contribution >= 0.6 is 7.60 Å². The van der Waals surface area contributed by atoms with Gasteiger partial charge in [0, 0.05) is 35.2 Å². The summed E-state index contributed by atoms with van der Waals surface area (Å²) in [4.78, 5) is 58.7. The highest BCUT2D eigenvalue weighted by atomic mass is 31.2. The third-order valence-corrected chi connectivity index (χ3v) is 12.0. The van der Waals surface area contributed by atoms with Gasteiger partial charge >= 0.3 is 25.2 Å². The number of aliphatic hydroxyl groups is 1. The van der Waals surface area contributed by atoms with E-state index in [1.54, 1.807) is 16.8 Å². The van der Waals surface area contributed by atoms with Crippen LogP contribution in [0.15, 0.2) is 54.6 Å². The number of anilines is 1. The Morgan fingerprint density at radius 1 is 0.912 bits per heavy atom. The molecule has 2 aliphatic rings. The van der Waals surface area contributed by atoms with Crippen LogP contribution in [0.2, 0.25) is 0 Å². The van der Waals surface area contributed by atoms with E-state index in [1.807, 2.05) is 30.3 Å². The van der Waals surface area contributed by atoms with Crippen molar-refractivity contribution in [3.05, 3.63) is 65.9 Å². The Morgan fingerprint density at radius 2 is 1.51 bits per heavy atom. The molecule has 2 aromatic carbocycles. The Morgan fingerprint density at radius 3 is 2.11 bits per heavy atom. The molecule has 1 aromatic heterocycles. The van der Waals surface area contributed by atoms with E-state index in [-0.39, 0.29) is 28.5 Å². The standard InChI is InChI=1S/C40H53F2N4O10P/c1-38(2,3)36(50)53-23-55-57(52,56-24-54-37(51)39(4,5)6)40(41,42)26-17-19-29-25(21-26)22-31(43-29)33(47)44-30-16-12-11-15-28-18-20-32(46(28)34(30)48)35(49)45(7)27-13-9-8-10-14-27/h8-10,13-14,17,19,21-22,28,30,32,35,43,49H,11-12,15-16,18,20,23-24H2,1-7H3,(H,44,47)/t28-,30-,32-,35?/m0/s1. The molecular formula is C40H53F2N4O10P. The number of nitrogens with one attached hydrogen (secondary N) is 2. The number of likely N-dealkylation sites (N-methyl/N-ethyl adjacent to an activating group) is 1. The second-order valence-corrected chi connectivity index (χ2v) is 18.7. The Kier molecular flexibility index (Phi) is 13.2. The van der Waals surface area contributed by atoms with Gasteiger partial charge in [-0.15, -0.1) is 0 Å². The van der Waals surface area contributed by atoms with Crippen molar-refractivity contribution < 1.29 is 56.2 Å². The van der Waals surface area contributed by atoms with Gasteiger partial charge in [0.25, 0.3) is 5.91 Å². The Labute approximate surface area is 331 Å². The maximum absolute atomic E-state index is 16.2. The van der Waals surface area contributed by atoms with Gasteiger partial charge in [0.15, 0.2) is 0 Å². The summed E-state index contributed by atoms with van der Waals surface area (Å²) in [6, 6.07) is 12.4. The lowest BCUT2D eigenvalue weighted by Gasteiger charge is -2.40. The summed E-state index contributed by atoms with van der Waals surface area (Å²) in [5.74, 6) is -2.58. The molecule has 0 radical (unpaired) electrons. The summed E-state index contributed by atoms with van der Waals surface area (Å²) >= 11 is 0. The van der Waals surface area contributed by atoms with Gasteiger partial charge in [-0.2, -0.15) is 8.78 Å². The second kappa shape index (κ2) is 17.2. The quantitative estimate of drug-likeness (QED) is 0.0918. The smallest absolute Gasteiger partial charge is 0.410 e. The third kappa shape index (κ3) is 9.85. The fourth-order valence-electron chi connectivity index (χ4n) is 6.84. The van der Waals surface area contributed by atoms with Crippen LogP contribution in [0, 0.1) is 10.8 Å². The van der Waals surface area contributed by atoms with E-state index >= 15 is 8.78 Å². The molecule has 2 fully saturated rings. The van der Waals surface area contributed by atoms with Crippen LogP contribution in [-0.4, -0.2) is 83.7 Å². The van der Waals surface area contributed by atoms with Crippen molar-refractivity contribution in [1.82, 2.24) is 15.2 Å². The van der Waals surface area contributed by atoms with Gasteiger partial charge < -0.3 is 34.7 Å². The number of carbonyl (C=O) groups is 4. The summed E-state index contributed by atoms with van der Waals surface area (Å²) in [7, 11) is -3.81. The SMILES string of the molecule is CN(c1ccccc1)C(O)[C@@H]1CC[C@@H]2CCCC[C@H](NC(=O)c3cc4cc(C(F)(F)P(=O)(OCOC(=O)C(C)(C)C)OCOC(=O)C(C)(C)C)ccc4[nH]3)C(=O)N21. The number of aromatic amines is 1. The lowest BCUT2D eigenvalue weighted by Crippen LogP contribution is -2.58. The van der Waals surface area contributed by atoms with Crippen LogP contribution in [0.3, 0.4) is 0 Å². The lowest BCUT2D eigenvalue weighted by atomic mass is 9.98. The molecule has 0 aliphatic carbocycles. The average molecular weight is 819 g/mol. The number of carbonyl (C=O) groups excluding carboxylic acids is 4. The van der Waals surface area contributed by atoms with Crippen LogP contribution < -0.4 is 10.2 Å². The van der Waals surface area contributed by atoms with Gasteiger partial charge in [-0.1, -0.05) is 37.1 Å². The molecule has 3 aromatic rings. The van der Waals surface area contributed by atoms with Crippen LogP contribution in [0.5, 0.6) is 0 Å². The summed E-state index contributed by atoms with van der Waals surface area (Å²) < 4.78 is 66.0. The van der Waals surface area contributed by atoms with Gasteiger partial charge in [-0.05, 0) is 97.6 Å². The maximum Gasteiger partial charge on any atom is 0.410 e. The minimum atomic E-state index is -5.58. The van der Waals surface area contributed by atoms with Gasteiger partial charge in [0.2, 0.25) is 19.5 Å². The van der Waals surface area contributed by atoms with E-state index < -0.39 is 79.4 Å². The molecule has 5 rings (SSSR count). The van der Waals surface area contributed by atoms with Gasteiger partial charge in [0.1, 0.15) is 18.0 Å². The molecule has 2 saturated heterocycles. The first-order valence-electron chi connectivity index (χ1n) is 19.0. The minimum Gasteiger partial charge on any atom is -0.438 e. The molecule has 0 saturated carbocycles. The number of hydrogen-bond donors (Lipinski definition) is 3. The number of hydrogen-bond acceptors (Lipinski definition) is 11. The van der Waals surface area contributed by atoms with E-state index in [0.29, 0.717) is 19.3 Å². The Balaban J connectivity index is 1.34. The molecule has 2 aliphatic heterocycles. The normalized spacial score (nSPS) is 20.0. The van der Waals surface area contributed by atoms with Crippen molar-refractivity contribution in [1.29, 1.82) is 0 Å². The largest absolute Gasteiger partial charge is 0.438 e. The van der Waals surface area contributed by atoms with E-state index in [1.165, 1.54) is 53.7 Å². The van der Waals surface area contributed by atoms with Crippen molar-refractivity contribution in [2.24, 2.45) is 10.8 Å².